The number of hydrogen-bond donors (Lipinski definition) is 1. The van der Waals surface area contributed by atoms with Crippen LogP contribution in [-0.4, -0.2) is 15.2 Å². The maximum absolute atomic E-state index is 8.96. The SMILES string of the molecule is OCc1ccc(OCc2noc(-c3cccs3)n2)cc1. The summed E-state index contributed by atoms with van der Waals surface area (Å²) in [5.74, 6) is 1.71. The first-order valence-corrected chi connectivity index (χ1v) is 6.92. The van der Waals surface area contributed by atoms with Gasteiger partial charge in [-0.15, -0.1) is 11.3 Å². The maximum Gasteiger partial charge on any atom is 0.268 e. The molecule has 0 bridgehead atoms. The van der Waals surface area contributed by atoms with Crippen molar-refractivity contribution in [3.05, 3.63) is 53.2 Å². The van der Waals surface area contributed by atoms with Crippen LogP contribution >= 0.6 is 11.3 Å². The summed E-state index contributed by atoms with van der Waals surface area (Å²) in [7, 11) is 0. The molecule has 0 atom stereocenters. The van der Waals surface area contributed by atoms with E-state index in [9.17, 15) is 0 Å². The summed E-state index contributed by atoms with van der Waals surface area (Å²) in [5.41, 5.74) is 0.844. The first kappa shape index (κ1) is 12.8. The van der Waals surface area contributed by atoms with Gasteiger partial charge in [0, 0.05) is 0 Å². The molecule has 2 heterocycles. The van der Waals surface area contributed by atoms with E-state index in [-0.39, 0.29) is 13.2 Å². The Kier molecular flexibility index (Phi) is 3.76. The molecule has 6 heteroatoms. The minimum atomic E-state index is 0.0231. The van der Waals surface area contributed by atoms with Crippen LogP contribution in [0.5, 0.6) is 5.75 Å². The number of rotatable bonds is 5. The highest BCUT2D eigenvalue weighted by atomic mass is 32.1. The maximum atomic E-state index is 8.96. The molecule has 0 aliphatic rings. The smallest absolute Gasteiger partial charge is 0.268 e. The molecule has 3 aromatic rings. The van der Waals surface area contributed by atoms with E-state index in [0.29, 0.717) is 17.5 Å². The number of aliphatic hydroxyl groups is 1. The third kappa shape index (κ3) is 2.87. The van der Waals surface area contributed by atoms with Gasteiger partial charge in [0.15, 0.2) is 6.61 Å². The van der Waals surface area contributed by atoms with Gasteiger partial charge in [-0.2, -0.15) is 4.98 Å². The Balaban J connectivity index is 1.63. The van der Waals surface area contributed by atoms with Crippen LogP contribution in [0, 0.1) is 0 Å². The molecule has 0 amide bonds. The Labute approximate surface area is 119 Å². The quantitative estimate of drug-likeness (QED) is 0.782. The predicted octanol–water partition coefficient (Wildman–Crippen LogP) is 2.87. The lowest BCUT2D eigenvalue weighted by molar-refractivity contribution is 0.279. The first-order chi connectivity index (χ1) is 9.85. The molecule has 2 aromatic heterocycles. The van der Waals surface area contributed by atoms with Crippen molar-refractivity contribution in [1.29, 1.82) is 0 Å². The van der Waals surface area contributed by atoms with Crippen LogP contribution in [0.2, 0.25) is 0 Å². The molecule has 3 rings (SSSR count). The molecule has 1 aromatic carbocycles. The van der Waals surface area contributed by atoms with E-state index in [1.165, 1.54) is 0 Å². The van der Waals surface area contributed by atoms with E-state index in [1.807, 2.05) is 29.6 Å². The number of aromatic nitrogens is 2. The normalized spacial score (nSPS) is 10.7. The van der Waals surface area contributed by atoms with Crippen LogP contribution in [0.3, 0.4) is 0 Å². The molecule has 0 aliphatic heterocycles. The van der Waals surface area contributed by atoms with Gasteiger partial charge in [-0.1, -0.05) is 23.4 Å². The zero-order chi connectivity index (χ0) is 13.8. The number of benzene rings is 1. The van der Waals surface area contributed by atoms with Crippen LogP contribution in [-0.2, 0) is 13.2 Å². The predicted molar refractivity (Wildman–Crippen MR) is 74.3 cm³/mol. The lowest BCUT2D eigenvalue weighted by atomic mass is 10.2. The fraction of sp³-hybridized carbons (Fsp3) is 0.143. The van der Waals surface area contributed by atoms with Gasteiger partial charge in [-0.05, 0) is 29.1 Å². The first-order valence-electron chi connectivity index (χ1n) is 6.04. The van der Waals surface area contributed by atoms with Crippen LogP contribution < -0.4 is 4.74 Å². The number of aliphatic hydroxyl groups excluding tert-OH is 1. The minimum Gasteiger partial charge on any atom is -0.485 e. The van der Waals surface area contributed by atoms with Crippen LogP contribution in [0.1, 0.15) is 11.4 Å². The van der Waals surface area contributed by atoms with E-state index < -0.39 is 0 Å². The van der Waals surface area contributed by atoms with E-state index >= 15 is 0 Å². The van der Waals surface area contributed by atoms with Gasteiger partial charge in [-0.25, -0.2) is 0 Å². The average Bonchev–Trinajstić information content (AvgIpc) is 3.16. The van der Waals surface area contributed by atoms with Crippen molar-refractivity contribution in [3.63, 3.8) is 0 Å². The van der Waals surface area contributed by atoms with Gasteiger partial charge >= 0.3 is 0 Å². The van der Waals surface area contributed by atoms with Gasteiger partial charge in [-0.3, -0.25) is 0 Å². The third-order valence-electron chi connectivity index (χ3n) is 2.67. The molecule has 0 aliphatic carbocycles. The summed E-state index contributed by atoms with van der Waals surface area (Å²) in [6.07, 6.45) is 0. The van der Waals surface area contributed by atoms with Gasteiger partial charge in [0.2, 0.25) is 5.82 Å². The standard InChI is InChI=1S/C14H12N2O3S/c17-8-10-3-5-11(6-4-10)18-9-13-15-14(19-16-13)12-2-1-7-20-12/h1-7,17H,8-9H2. The average molecular weight is 288 g/mol. The molecular weight excluding hydrogens is 276 g/mol. The topological polar surface area (TPSA) is 68.4 Å². The van der Waals surface area contributed by atoms with Gasteiger partial charge in [0.05, 0.1) is 11.5 Å². The highest BCUT2D eigenvalue weighted by Crippen LogP contribution is 2.22. The number of nitrogens with zero attached hydrogens (tertiary/aromatic N) is 2. The Morgan fingerprint density at radius 3 is 2.75 bits per heavy atom. The molecule has 0 spiro atoms. The second-order valence-electron chi connectivity index (χ2n) is 4.08. The Morgan fingerprint density at radius 1 is 1.20 bits per heavy atom. The van der Waals surface area contributed by atoms with Gasteiger partial charge in [0.25, 0.3) is 5.89 Å². The monoisotopic (exact) mass is 288 g/mol. The fourth-order valence-electron chi connectivity index (χ4n) is 1.65. The number of thiophene rings is 1. The third-order valence-corrected chi connectivity index (χ3v) is 3.53. The number of ether oxygens (including phenoxy) is 1. The fourth-order valence-corrected chi connectivity index (χ4v) is 2.30. The summed E-state index contributed by atoms with van der Waals surface area (Å²) < 4.78 is 10.7. The van der Waals surface area contributed by atoms with Crippen LogP contribution in [0.15, 0.2) is 46.3 Å². The molecule has 102 valence electrons. The lowest BCUT2D eigenvalue weighted by Gasteiger charge is -2.03. The summed E-state index contributed by atoms with van der Waals surface area (Å²) in [4.78, 5) is 5.21. The van der Waals surface area contributed by atoms with E-state index in [0.717, 1.165) is 10.4 Å². The highest BCUT2D eigenvalue weighted by molar-refractivity contribution is 7.13. The lowest BCUT2D eigenvalue weighted by Crippen LogP contribution is -1.97. The Bertz CT molecular complexity index is 662. The van der Waals surface area contributed by atoms with Gasteiger partial charge < -0.3 is 14.4 Å². The largest absolute Gasteiger partial charge is 0.485 e. The summed E-state index contributed by atoms with van der Waals surface area (Å²) in [5, 5.41) is 14.8. The van der Waals surface area contributed by atoms with Crippen molar-refractivity contribution in [3.8, 4) is 16.5 Å². The Morgan fingerprint density at radius 2 is 2.05 bits per heavy atom. The van der Waals surface area contributed by atoms with Crippen LogP contribution in [0.25, 0.3) is 10.8 Å². The molecule has 0 fully saturated rings. The molecular formula is C14H12N2O3S. The highest BCUT2D eigenvalue weighted by Gasteiger charge is 2.09. The molecule has 1 N–H and O–H groups in total. The molecule has 0 unspecified atom stereocenters. The van der Waals surface area contributed by atoms with Gasteiger partial charge in [0.1, 0.15) is 5.75 Å². The summed E-state index contributed by atoms with van der Waals surface area (Å²) in [6.45, 7) is 0.267. The molecule has 0 saturated carbocycles. The Hall–Kier alpha value is -2.18. The zero-order valence-corrected chi connectivity index (χ0v) is 11.3. The molecule has 20 heavy (non-hydrogen) atoms. The summed E-state index contributed by atoms with van der Waals surface area (Å²) in [6, 6.07) is 11.1. The molecule has 0 saturated heterocycles. The van der Waals surface area contributed by atoms with Crippen molar-refractivity contribution in [2.45, 2.75) is 13.2 Å². The van der Waals surface area contributed by atoms with E-state index in [4.69, 9.17) is 14.4 Å². The van der Waals surface area contributed by atoms with Crippen molar-refractivity contribution in [2.24, 2.45) is 0 Å². The van der Waals surface area contributed by atoms with Crippen molar-refractivity contribution < 1.29 is 14.4 Å². The molecule has 0 radical (unpaired) electrons. The molecule has 5 nitrogen and oxygen atoms in total. The second-order valence-corrected chi connectivity index (χ2v) is 5.03. The van der Waals surface area contributed by atoms with Crippen molar-refractivity contribution in [1.82, 2.24) is 10.1 Å². The zero-order valence-electron chi connectivity index (χ0n) is 10.5. The van der Waals surface area contributed by atoms with E-state index in [1.54, 1.807) is 23.5 Å². The van der Waals surface area contributed by atoms with Crippen molar-refractivity contribution >= 4 is 11.3 Å². The van der Waals surface area contributed by atoms with Crippen molar-refractivity contribution in [2.75, 3.05) is 0 Å². The number of hydrogen-bond acceptors (Lipinski definition) is 6. The summed E-state index contributed by atoms with van der Waals surface area (Å²) >= 11 is 1.55. The minimum absolute atomic E-state index is 0.0231. The van der Waals surface area contributed by atoms with Crippen LogP contribution in [0.4, 0.5) is 0 Å². The van der Waals surface area contributed by atoms with E-state index in [2.05, 4.69) is 10.1 Å². The second kappa shape index (κ2) is 5.85.